The minimum absolute atomic E-state index is 0.0496. The minimum atomic E-state index is -1.19. The Kier molecular flexibility index (Phi) is 7.23. The highest BCUT2D eigenvalue weighted by molar-refractivity contribution is 5.99. The average molecular weight is 589 g/mol. The maximum Gasteiger partial charge on any atom is 0.264 e. The van der Waals surface area contributed by atoms with Crippen LogP contribution in [-0.4, -0.2) is 55.7 Å². The van der Waals surface area contributed by atoms with Crippen LogP contribution in [0.15, 0.2) is 54.4 Å². The van der Waals surface area contributed by atoms with Gasteiger partial charge in [-0.1, -0.05) is 6.07 Å². The Morgan fingerprint density at radius 3 is 2.77 bits per heavy atom. The van der Waals surface area contributed by atoms with Crippen molar-refractivity contribution in [3.8, 4) is 28.8 Å². The number of likely N-dealkylation sites (N-methyl/N-ethyl adjacent to an activating group) is 1. The molecule has 0 spiro atoms. The number of carbonyl (C=O) groups excluding carboxylic acids is 1. The zero-order valence-corrected chi connectivity index (χ0v) is 23.1. The maximum absolute atomic E-state index is 15.5. The lowest BCUT2D eigenvalue weighted by atomic mass is 10.1. The van der Waals surface area contributed by atoms with Crippen LogP contribution in [-0.2, 0) is 11.3 Å². The summed E-state index contributed by atoms with van der Waals surface area (Å²) in [6.07, 6.45) is 6.15. The van der Waals surface area contributed by atoms with E-state index in [0.717, 1.165) is 31.4 Å². The Bertz CT molecular complexity index is 1810. The molecule has 10 nitrogen and oxygen atoms in total. The summed E-state index contributed by atoms with van der Waals surface area (Å²) in [7, 11) is 1.81. The largest absolute Gasteiger partial charge is 0.454 e. The number of likely N-dealkylation sites (tertiary alicyclic amines) is 1. The SMILES string of the molecule is CNC1(/C=C(\C#N)C(=O)N2CCC[C@H]2Cn2nc(-c3ccc(Oc4cccc(F)c4F)cc3F)c3c(N)ncnc32)CC1. The number of anilines is 1. The van der Waals surface area contributed by atoms with Crippen LogP contribution >= 0.6 is 0 Å². The number of nitrogens with zero attached hydrogens (tertiary/aromatic N) is 6. The zero-order valence-electron chi connectivity index (χ0n) is 23.1. The van der Waals surface area contributed by atoms with Crippen molar-refractivity contribution in [3.63, 3.8) is 0 Å². The Morgan fingerprint density at radius 1 is 1.23 bits per heavy atom. The normalized spacial score (nSPS) is 17.7. The predicted octanol–water partition coefficient (Wildman–Crippen LogP) is 4.48. The average Bonchev–Trinajstić information content (AvgIpc) is 3.46. The van der Waals surface area contributed by atoms with Gasteiger partial charge in [-0.05, 0) is 63.1 Å². The third-order valence-corrected chi connectivity index (χ3v) is 7.98. The molecule has 1 saturated heterocycles. The molecule has 13 heteroatoms. The number of halogens is 3. The predicted molar refractivity (Wildman–Crippen MR) is 151 cm³/mol. The monoisotopic (exact) mass is 588 g/mol. The highest BCUT2D eigenvalue weighted by atomic mass is 19.2. The van der Waals surface area contributed by atoms with Crippen molar-refractivity contribution in [2.24, 2.45) is 0 Å². The Labute approximate surface area is 244 Å². The van der Waals surface area contributed by atoms with E-state index in [1.807, 2.05) is 7.05 Å². The molecule has 4 aromatic rings. The van der Waals surface area contributed by atoms with Gasteiger partial charge in [-0.3, -0.25) is 4.79 Å². The summed E-state index contributed by atoms with van der Waals surface area (Å²) in [5.41, 5.74) is 6.57. The number of rotatable bonds is 8. The Morgan fingerprint density at radius 2 is 2.05 bits per heavy atom. The van der Waals surface area contributed by atoms with E-state index in [4.69, 9.17) is 10.5 Å². The summed E-state index contributed by atoms with van der Waals surface area (Å²) < 4.78 is 50.1. The number of ether oxygens (including phenoxy) is 1. The molecular formula is C30H27F3N8O2. The summed E-state index contributed by atoms with van der Waals surface area (Å²) in [5.74, 6) is -3.71. The van der Waals surface area contributed by atoms with E-state index >= 15 is 4.39 Å². The Balaban J connectivity index is 1.31. The van der Waals surface area contributed by atoms with Gasteiger partial charge in [-0.15, -0.1) is 0 Å². The number of hydrogen-bond acceptors (Lipinski definition) is 8. The number of benzene rings is 2. The van der Waals surface area contributed by atoms with E-state index in [-0.39, 0.29) is 58.2 Å². The number of carbonyl (C=O) groups is 1. The molecule has 43 heavy (non-hydrogen) atoms. The lowest BCUT2D eigenvalue weighted by Crippen LogP contribution is -2.39. The van der Waals surface area contributed by atoms with Crippen molar-refractivity contribution in [2.75, 3.05) is 19.3 Å². The fourth-order valence-corrected chi connectivity index (χ4v) is 5.45. The van der Waals surface area contributed by atoms with E-state index in [1.54, 1.807) is 15.7 Å². The van der Waals surface area contributed by atoms with Crippen LogP contribution in [0, 0.1) is 28.8 Å². The molecule has 3 N–H and O–H groups in total. The van der Waals surface area contributed by atoms with Crippen molar-refractivity contribution >= 4 is 22.8 Å². The van der Waals surface area contributed by atoms with E-state index in [0.29, 0.717) is 24.0 Å². The maximum atomic E-state index is 15.5. The molecule has 0 unspecified atom stereocenters. The first-order valence-electron chi connectivity index (χ1n) is 13.7. The molecule has 0 radical (unpaired) electrons. The molecule has 0 bridgehead atoms. The first-order chi connectivity index (χ1) is 20.7. The highest BCUT2D eigenvalue weighted by Gasteiger charge is 2.41. The topological polar surface area (TPSA) is 135 Å². The van der Waals surface area contributed by atoms with Crippen LogP contribution in [0.25, 0.3) is 22.3 Å². The second-order valence-corrected chi connectivity index (χ2v) is 10.7. The number of aromatic nitrogens is 4. The van der Waals surface area contributed by atoms with Gasteiger partial charge in [0.05, 0.1) is 18.0 Å². The summed E-state index contributed by atoms with van der Waals surface area (Å²) >= 11 is 0. The van der Waals surface area contributed by atoms with Gasteiger partial charge in [-0.25, -0.2) is 23.4 Å². The molecule has 1 atom stereocenters. The molecule has 2 aliphatic rings. The van der Waals surface area contributed by atoms with Gasteiger partial charge in [0.1, 0.15) is 41.0 Å². The number of nitrogens with one attached hydrogen (secondary N) is 1. The van der Waals surface area contributed by atoms with Crippen molar-refractivity contribution in [2.45, 2.75) is 43.8 Å². The molecule has 1 saturated carbocycles. The Hall–Kier alpha value is -4.96. The molecule has 6 rings (SSSR count). The van der Waals surface area contributed by atoms with Gasteiger partial charge >= 0.3 is 0 Å². The minimum Gasteiger partial charge on any atom is -0.454 e. The van der Waals surface area contributed by atoms with Crippen LogP contribution in [0.5, 0.6) is 11.5 Å². The van der Waals surface area contributed by atoms with Crippen LogP contribution < -0.4 is 15.8 Å². The van der Waals surface area contributed by atoms with Crippen LogP contribution in [0.3, 0.4) is 0 Å². The highest BCUT2D eigenvalue weighted by Crippen LogP contribution is 2.38. The first kappa shape index (κ1) is 28.2. The molecule has 3 heterocycles. The third-order valence-electron chi connectivity index (χ3n) is 7.98. The quantitative estimate of drug-likeness (QED) is 0.227. The van der Waals surface area contributed by atoms with Crippen molar-refractivity contribution in [1.29, 1.82) is 5.26 Å². The van der Waals surface area contributed by atoms with Crippen LogP contribution in [0.4, 0.5) is 19.0 Å². The van der Waals surface area contributed by atoms with Gasteiger partial charge in [-0.2, -0.15) is 14.8 Å². The molecule has 1 amide bonds. The number of nitrogen functional groups attached to an aromatic ring is 1. The molecule has 1 aliphatic heterocycles. The number of amides is 1. The summed E-state index contributed by atoms with van der Waals surface area (Å²) in [6, 6.07) is 9.07. The van der Waals surface area contributed by atoms with Gasteiger partial charge in [0.15, 0.2) is 17.2 Å². The van der Waals surface area contributed by atoms with E-state index < -0.39 is 17.5 Å². The molecule has 2 fully saturated rings. The fraction of sp³-hybridized carbons (Fsp3) is 0.300. The summed E-state index contributed by atoms with van der Waals surface area (Å²) in [6.45, 7) is 0.719. The molecule has 1 aliphatic carbocycles. The van der Waals surface area contributed by atoms with Crippen molar-refractivity contribution in [3.05, 3.63) is 71.8 Å². The fourth-order valence-electron chi connectivity index (χ4n) is 5.45. The number of hydrogen-bond donors (Lipinski definition) is 2. The smallest absolute Gasteiger partial charge is 0.264 e. The summed E-state index contributed by atoms with van der Waals surface area (Å²) in [4.78, 5) is 23.5. The van der Waals surface area contributed by atoms with Gasteiger partial charge in [0.2, 0.25) is 5.82 Å². The number of fused-ring (bicyclic) bond motifs is 1. The van der Waals surface area contributed by atoms with Gasteiger partial charge < -0.3 is 20.7 Å². The molecular weight excluding hydrogens is 561 g/mol. The molecule has 220 valence electrons. The number of nitriles is 1. The molecule has 2 aromatic carbocycles. The van der Waals surface area contributed by atoms with Crippen LogP contribution in [0.2, 0.25) is 0 Å². The molecule has 2 aromatic heterocycles. The zero-order chi connectivity index (χ0) is 30.3. The van der Waals surface area contributed by atoms with Crippen molar-refractivity contribution in [1.82, 2.24) is 30.0 Å². The van der Waals surface area contributed by atoms with Gasteiger partial charge in [0.25, 0.3) is 5.91 Å². The van der Waals surface area contributed by atoms with E-state index in [2.05, 4.69) is 26.5 Å². The summed E-state index contributed by atoms with van der Waals surface area (Å²) in [5, 5.41) is 17.9. The second kappa shape index (κ2) is 11.0. The van der Waals surface area contributed by atoms with Crippen LogP contribution in [0.1, 0.15) is 25.7 Å². The van der Waals surface area contributed by atoms with E-state index in [9.17, 15) is 18.8 Å². The van der Waals surface area contributed by atoms with Gasteiger partial charge in [0, 0.05) is 23.7 Å². The number of nitrogens with two attached hydrogens (primary N) is 1. The lowest BCUT2D eigenvalue weighted by Gasteiger charge is -2.25. The standard InChI is InChI=1S/C30H27F3N8O2/c1-36-30(9-10-30)13-17(14-34)29(42)40-11-3-4-18(40)15-41-28-24(27(35)37-16-38-28)26(39-41)20-8-7-19(12-22(20)32)43-23-6-2-5-21(31)25(23)33/h2,5-8,12-13,16,18,36H,3-4,9-11,15H2,1H3,(H2,35,37,38)/b17-13+/t18-/m0/s1. The van der Waals surface area contributed by atoms with E-state index in [1.165, 1.54) is 30.6 Å². The van der Waals surface area contributed by atoms with Crippen molar-refractivity contribution < 1.29 is 22.7 Å². The first-order valence-corrected chi connectivity index (χ1v) is 13.7. The second-order valence-electron chi connectivity index (χ2n) is 10.7. The lowest BCUT2D eigenvalue weighted by molar-refractivity contribution is -0.127. The third kappa shape index (κ3) is 5.25.